The molecule has 0 radical (unpaired) electrons. The van der Waals surface area contributed by atoms with Crippen LogP contribution in [0.5, 0.6) is 11.5 Å². The molecular weight excluding hydrogens is 392 g/mol. The number of carbonyl (C=O) groups is 1. The van der Waals surface area contributed by atoms with E-state index in [0.717, 1.165) is 27.3 Å². The molecule has 0 saturated carbocycles. The molecule has 0 spiro atoms. The maximum atomic E-state index is 12.7. The van der Waals surface area contributed by atoms with Gasteiger partial charge in [-0.3, -0.25) is 9.10 Å². The fraction of sp³-hybridized carbons (Fsp3) is 0.381. The number of nitrogens with one attached hydrogen (secondary N) is 1. The highest BCUT2D eigenvalue weighted by Gasteiger charge is 2.25. The van der Waals surface area contributed by atoms with Crippen LogP contribution in [0.15, 0.2) is 36.4 Å². The van der Waals surface area contributed by atoms with Crippen molar-refractivity contribution in [2.45, 2.75) is 26.8 Å². The van der Waals surface area contributed by atoms with Gasteiger partial charge in [-0.1, -0.05) is 23.8 Å². The van der Waals surface area contributed by atoms with Crippen LogP contribution in [0.3, 0.4) is 0 Å². The molecule has 7 nitrogen and oxygen atoms in total. The van der Waals surface area contributed by atoms with E-state index >= 15 is 0 Å². The summed E-state index contributed by atoms with van der Waals surface area (Å²) in [5.41, 5.74) is 3.42. The molecule has 8 heteroatoms. The molecule has 0 bridgehead atoms. The van der Waals surface area contributed by atoms with E-state index in [1.807, 2.05) is 39.0 Å². The van der Waals surface area contributed by atoms with E-state index in [-0.39, 0.29) is 18.3 Å². The van der Waals surface area contributed by atoms with Gasteiger partial charge >= 0.3 is 0 Å². The van der Waals surface area contributed by atoms with Crippen molar-refractivity contribution in [1.82, 2.24) is 5.32 Å². The Morgan fingerprint density at radius 1 is 1.10 bits per heavy atom. The number of anilines is 1. The molecule has 1 unspecified atom stereocenters. The number of amides is 1. The molecule has 0 heterocycles. The SMILES string of the molecule is COc1ccc(OC)c(N(CC(=O)NC(C)c2ccc(C)cc2C)S(C)(=O)=O)c1. The zero-order valence-electron chi connectivity index (χ0n) is 17.6. The van der Waals surface area contributed by atoms with Gasteiger partial charge in [0.15, 0.2) is 0 Å². The number of ether oxygens (including phenoxy) is 2. The summed E-state index contributed by atoms with van der Waals surface area (Å²) < 4.78 is 36.4. The van der Waals surface area contributed by atoms with Crippen molar-refractivity contribution in [2.24, 2.45) is 0 Å². The van der Waals surface area contributed by atoms with Crippen LogP contribution in [0.4, 0.5) is 5.69 Å². The van der Waals surface area contributed by atoms with E-state index in [1.165, 1.54) is 20.3 Å². The first kappa shape index (κ1) is 22.5. The molecule has 2 aromatic rings. The third kappa shape index (κ3) is 5.63. The molecular formula is C21H28N2O5S. The lowest BCUT2D eigenvalue weighted by Gasteiger charge is -2.25. The van der Waals surface area contributed by atoms with Gasteiger partial charge in [-0.2, -0.15) is 0 Å². The quantitative estimate of drug-likeness (QED) is 0.710. The van der Waals surface area contributed by atoms with E-state index in [4.69, 9.17) is 9.47 Å². The van der Waals surface area contributed by atoms with Gasteiger partial charge in [0.05, 0.1) is 32.2 Å². The molecule has 0 aliphatic rings. The topological polar surface area (TPSA) is 84.9 Å². The monoisotopic (exact) mass is 420 g/mol. The molecule has 2 aromatic carbocycles. The molecule has 0 fully saturated rings. The maximum absolute atomic E-state index is 12.7. The van der Waals surface area contributed by atoms with E-state index in [0.29, 0.717) is 11.5 Å². The number of benzene rings is 2. The highest BCUT2D eigenvalue weighted by Crippen LogP contribution is 2.33. The number of sulfonamides is 1. The van der Waals surface area contributed by atoms with Crippen LogP contribution in [0.25, 0.3) is 0 Å². The summed E-state index contributed by atoms with van der Waals surface area (Å²) in [5.74, 6) is 0.359. The van der Waals surface area contributed by atoms with Crippen molar-refractivity contribution in [1.29, 1.82) is 0 Å². The number of hydrogen-bond donors (Lipinski definition) is 1. The molecule has 29 heavy (non-hydrogen) atoms. The number of methoxy groups -OCH3 is 2. The Morgan fingerprint density at radius 2 is 1.79 bits per heavy atom. The molecule has 1 amide bonds. The zero-order chi connectivity index (χ0) is 21.8. The molecule has 2 rings (SSSR count). The highest BCUT2D eigenvalue weighted by molar-refractivity contribution is 7.92. The lowest BCUT2D eigenvalue weighted by molar-refractivity contribution is -0.120. The lowest BCUT2D eigenvalue weighted by Crippen LogP contribution is -2.41. The van der Waals surface area contributed by atoms with Gasteiger partial charge in [-0.25, -0.2) is 8.42 Å². The number of rotatable bonds is 8. The van der Waals surface area contributed by atoms with Gasteiger partial charge in [-0.15, -0.1) is 0 Å². The van der Waals surface area contributed by atoms with Crippen molar-refractivity contribution >= 4 is 21.6 Å². The van der Waals surface area contributed by atoms with Gasteiger partial charge in [0.2, 0.25) is 15.9 Å². The van der Waals surface area contributed by atoms with Crippen molar-refractivity contribution in [3.63, 3.8) is 0 Å². The molecule has 0 aromatic heterocycles. The second kappa shape index (κ2) is 9.17. The Kier molecular flexibility index (Phi) is 7.13. The second-order valence-electron chi connectivity index (χ2n) is 6.96. The summed E-state index contributed by atoms with van der Waals surface area (Å²) in [7, 11) is -0.828. The predicted molar refractivity (Wildman–Crippen MR) is 114 cm³/mol. The Balaban J connectivity index is 2.28. The Hall–Kier alpha value is -2.74. The normalized spacial score (nSPS) is 12.2. The maximum Gasteiger partial charge on any atom is 0.241 e. The van der Waals surface area contributed by atoms with Crippen LogP contribution in [-0.4, -0.2) is 41.3 Å². The summed E-state index contributed by atoms with van der Waals surface area (Å²) in [6.07, 6.45) is 1.05. The minimum Gasteiger partial charge on any atom is -0.497 e. The fourth-order valence-corrected chi connectivity index (χ4v) is 4.03. The largest absolute Gasteiger partial charge is 0.497 e. The van der Waals surface area contributed by atoms with Crippen molar-refractivity contribution in [3.05, 3.63) is 53.1 Å². The minimum absolute atomic E-state index is 0.240. The van der Waals surface area contributed by atoms with E-state index < -0.39 is 15.9 Å². The van der Waals surface area contributed by atoms with Gasteiger partial charge in [0.1, 0.15) is 18.0 Å². The van der Waals surface area contributed by atoms with Gasteiger partial charge in [-0.05, 0) is 44.0 Å². The van der Waals surface area contributed by atoms with Gasteiger partial charge < -0.3 is 14.8 Å². The first-order chi connectivity index (χ1) is 13.6. The minimum atomic E-state index is -3.75. The van der Waals surface area contributed by atoms with Crippen LogP contribution in [0, 0.1) is 13.8 Å². The summed E-state index contributed by atoms with van der Waals surface area (Å²) in [4.78, 5) is 12.7. The number of nitrogens with zero attached hydrogens (tertiary/aromatic N) is 1. The van der Waals surface area contributed by atoms with Crippen LogP contribution in [0.1, 0.15) is 29.7 Å². The summed E-state index contributed by atoms with van der Waals surface area (Å²) in [6.45, 7) is 5.48. The molecule has 0 saturated heterocycles. The summed E-state index contributed by atoms with van der Waals surface area (Å²) in [6, 6.07) is 10.5. The van der Waals surface area contributed by atoms with E-state index in [9.17, 15) is 13.2 Å². The average molecular weight is 421 g/mol. The van der Waals surface area contributed by atoms with Crippen molar-refractivity contribution in [2.75, 3.05) is 31.3 Å². The third-order valence-electron chi connectivity index (χ3n) is 4.61. The Bertz CT molecular complexity index is 989. The van der Waals surface area contributed by atoms with Gasteiger partial charge in [0, 0.05) is 6.07 Å². The molecule has 158 valence electrons. The smallest absolute Gasteiger partial charge is 0.241 e. The molecule has 1 N–H and O–H groups in total. The zero-order valence-corrected chi connectivity index (χ0v) is 18.5. The summed E-state index contributed by atoms with van der Waals surface area (Å²) >= 11 is 0. The molecule has 1 atom stereocenters. The molecule has 0 aliphatic carbocycles. The number of carbonyl (C=O) groups excluding carboxylic acids is 1. The third-order valence-corrected chi connectivity index (χ3v) is 5.74. The van der Waals surface area contributed by atoms with Crippen molar-refractivity contribution in [3.8, 4) is 11.5 Å². The first-order valence-corrected chi connectivity index (χ1v) is 11.0. The molecule has 0 aliphatic heterocycles. The van der Waals surface area contributed by atoms with Crippen molar-refractivity contribution < 1.29 is 22.7 Å². The first-order valence-electron chi connectivity index (χ1n) is 9.13. The number of aryl methyl sites for hydroxylation is 2. The second-order valence-corrected chi connectivity index (χ2v) is 8.86. The van der Waals surface area contributed by atoms with E-state index in [1.54, 1.807) is 12.1 Å². The predicted octanol–water partition coefficient (Wildman–Crippen LogP) is 2.96. The fourth-order valence-electron chi connectivity index (χ4n) is 3.18. The average Bonchev–Trinajstić information content (AvgIpc) is 2.64. The van der Waals surface area contributed by atoms with Crippen LogP contribution >= 0.6 is 0 Å². The van der Waals surface area contributed by atoms with Gasteiger partial charge in [0.25, 0.3) is 0 Å². The Morgan fingerprint density at radius 3 is 2.34 bits per heavy atom. The van der Waals surface area contributed by atoms with E-state index in [2.05, 4.69) is 5.32 Å². The lowest BCUT2D eigenvalue weighted by atomic mass is 10.0. The summed E-state index contributed by atoms with van der Waals surface area (Å²) in [5, 5.41) is 2.88. The van der Waals surface area contributed by atoms with Crippen LogP contribution < -0.4 is 19.1 Å². The number of hydrogen-bond acceptors (Lipinski definition) is 5. The standard InChI is InChI=1S/C21H28N2O5S/c1-14-7-9-18(15(2)11-14)16(3)22-21(24)13-23(29(6,25)26)19-12-17(27-4)8-10-20(19)28-5/h7-12,16H,13H2,1-6H3,(H,22,24). The van der Waals surface area contributed by atoms with Crippen LogP contribution in [-0.2, 0) is 14.8 Å². The van der Waals surface area contributed by atoms with Crippen LogP contribution in [0.2, 0.25) is 0 Å². The highest BCUT2D eigenvalue weighted by atomic mass is 32.2. The Labute approximate surface area is 172 Å².